The Balaban J connectivity index is 1.78. The zero-order valence-corrected chi connectivity index (χ0v) is 9.48. The Morgan fingerprint density at radius 2 is 2.33 bits per heavy atom. The Bertz CT molecular complexity index is 400. The summed E-state index contributed by atoms with van der Waals surface area (Å²) in [6, 6.07) is 4.04. The molecule has 0 unspecified atom stereocenters. The van der Waals surface area contributed by atoms with E-state index >= 15 is 0 Å². The number of hydrazine groups is 1. The molecule has 2 aromatic heterocycles. The van der Waals surface area contributed by atoms with E-state index in [-0.39, 0.29) is 0 Å². The van der Waals surface area contributed by atoms with E-state index in [1.165, 1.54) is 16.2 Å². The standard InChI is InChI=1S/C8H10N4OS2/c9-10-8-12-11-7(15-8)5-13-4-6-2-1-3-14-6/h1-3H,4-5,9H2,(H,10,12). The van der Waals surface area contributed by atoms with Gasteiger partial charge in [-0.25, -0.2) is 5.84 Å². The van der Waals surface area contributed by atoms with Gasteiger partial charge in [0, 0.05) is 4.88 Å². The maximum Gasteiger partial charge on any atom is 0.219 e. The first kappa shape index (κ1) is 10.5. The summed E-state index contributed by atoms with van der Waals surface area (Å²) in [6.07, 6.45) is 0. The van der Waals surface area contributed by atoms with Crippen LogP contribution in [0.25, 0.3) is 0 Å². The zero-order valence-electron chi connectivity index (χ0n) is 7.84. The van der Waals surface area contributed by atoms with E-state index in [9.17, 15) is 0 Å². The highest BCUT2D eigenvalue weighted by molar-refractivity contribution is 7.15. The number of aromatic nitrogens is 2. The normalized spacial score (nSPS) is 10.5. The molecule has 15 heavy (non-hydrogen) atoms. The fraction of sp³-hybridized carbons (Fsp3) is 0.250. The van der Waals surface area contributed by atoms with Crippen molar-refractivity contribution in [1.82, 2.24) is 10.2 Å². The van der Waals surface area contributed by atoms with Crippen molar-refractivity contribution in [2.45, 2.75) is 13.2 Å². The molecule has 0 saturated carbocycles. The number of nitrogens with two attached hydrogens (primary N) is 1. The monoisotopic (exact) mass is 242 g/mol. The van der Waals surface area contributed by atoms with Crippen LogP contribution in [0.1, 0.15) is 9.88 Å². The summed E-state index contributed by atoms with van der Waals surface area (Å²) in [5.74, 6) is 5.19. The van der Waals surface area contributed by atoms with Crippen molar-refractivity contribution < 1.29 is 4.74 Å². The fourth-order valence-electron chi connectivity index (χ4n) is 1.00. The molecule has 0 aromatic carbocycles. The van der Waals surface area contributed by atoms with Gasteiger partial charge in [-0.15, -0.1) is 21.5 Å². The number of hydrogen-bond acceptors (Lipinski definition) is 7. The SMILES string of the molecule is NNc1nnc(COCc2cccs2)s1. The number of nitrogens with one attached hydrogen (secondary N) is 1. The minimum atomic E-state index is 0.469. The number of rotatable bonds is 5. The van der Waals surface area contributed by atoms with Crippen molar-refractivity contribution in [2.24, 2.45) is 5.84 Å². The van der Waals surface area contributed by atoms with Gasteiger partial charge in [0.15, 0.2) is 0 Å². The lowest BCUT2D eigenvalue weighted by atomic mass is 10.5. The lowest BCUT2D eigenvalue weighted by Crippen LogP contribution is -2.05. The Labute approximate surface area is 94.9 Å². The number of nitrogen functional groups attached to an aromatic ring is 1. The summed E-state index contributed by atoms with van der Waals surface area (Å²) >= 11 is 3.07. The maximum absolute atomic E-state index is 5.47. The molecule has 7 heteroatoms. The molecule has 0 aliphatic heterocycles. The van der Waals surface area contributed by atoms with E-state index < -0.39 is 0 Å². The zero-order chi connectivity index (χ0) is 10.5. The van der Waals surface area contributed by atoms with Gasteiger partial charge in [0.2, 0.25) is 5.13 Å². The van der Waals surface area contributed by atoms with Gasteiger partial charge in [-0.3, -0.25) is 5.43 Å². The summed E-state index contributed by atoms with van der Waals surface area (Å²) in [5, 5.41) is 11.2. The van der Waals surface area contributed by atoms with Crippen LogP contribution in [0, 0.1) is 0 Å². The van der Waals surface area contributed by atoms with E-state index in [1.54, 1.807) is 11.3 Å². The number of anilines is 1. The van der Waals surface area contributed by atoms with Gasteiger partial charge in [0.25, 0.3) is 0 Å². The molecule has 0 aliphatic carbocycles. The largest absolute Gasteiger partial charge is 0.369 e. The van der Waals surface area contributed by atoms with E-state index in [0.717, 1.165) is 5.01 Å². The predicted octanol–water partition coefficient (Wildman–Crippen LogP) is 1.60. The Morgan fingerprint density at radius 3 is 3.00 bits per heavy atom. The van der Waals surface area contributed by atoms with Crippen LogP contribution in [0.5, 0.6) is 0 Å². The smallest absolute Gasteiger partial charge is 0.219 e. The van der Waals surface area contributed by atoms with Crippen LogP contribution in [0.4, 0.5) is 5.13 Å². The molecule has 0 spiro atoms. The Hall–Kier alpha value is -1.02. The second-order valence-corrected chi connectivity index (χ2v) is 4.81. The molecule has 80 valence electrons. The third kappa shape index (κ3) is 2.96. The molecular weight excluding hydrogens is 232 g/mol. The first-order chi connectivity index (χ1) is 7.38. The van der Waals surface area contributed by atoms with Crippen molar-refractivity contribution in [3.63, 3.8) is 0 Å². The van der Waals surface area contributed by atoms with Gasteiger partial charge < -0.3 is 4.74 Å². The van der Waals surface area contributed by atoms with Gasteiger partial charge in [-0.1, -0.05) is 17.4 Å². The van der Waals surface area contributed by atoms with E-state index in [0.29, 0.717) is 18.3 Å². The second-order valence-electron chi connectivity index (χ2n) is 2.72. The minimum Gasteiger partial charge on any atom is -0.369 e. The van der Waals surface area contributed by atoms with Gasteiger partial charge in [0.1, 0.15) is 11.6 Å². The van der Waals surface area contributed by atoms with Crippen molar-refractivity contribution in [3.05, 3.63) is 27.4 Å². The molecule has 5 nitrogen and oxygen atoms in total. The number of ether oxygens (including phenoxy) is 1. The highest BCUT2D eigenvalue weighted by atomic mass is 32.1. The summed E-state index contributed by atoms with van der Waals surface area (Å²) < 4.78 is 5.47. The van der Waals surface area contributed by atoms with Crippen molar-refractivity contribution in [1.29, 1.82) is 0 Å². The van der Waals surface area contributed by atoms with Crippen LogP contribution in [-0.4, -0.2) is 10.2 Å². The third-order valence-corrected chi connectivity index (χ3v) is 3.32. The van der Waals surface area contributed by atoms with E-state index in [1.807, 2.05) is 17.5 Å². The van der Waals surface area contributed by atoms with Crippen LogP contribution in [0.3, 0.4) is 0 Å². The van der Waals surface area contributed by atoms with Gasteiger partial charge in [-0.05, 0) is 11.4 Å². The lowest BCUT2D eigenvalue weighted by Gasteiger charge is -1.97. The molecule has 2 rings (SSSR count). The van der Waals surface area contributed by atoms with E-state index in [4.69, 9.17) is 10.6 Å². The van der Waals surface area contributed by atoms with Crippen molar-refractivity contribution in [2.75, 3.05) is 5.43 Å². The maximum atomic E-state index is 5.47. The first-order valence-electron chi connectivity index (χ1n) is 4.27. The Morgan fingerprint density at radius 1 is 1.40 bits per heavy atom. The van der Waals surface area contributed by atoms with Gasteiger partial charge in [0.05, 0.1) is 6.61 Å². The average molecular weight is 242 g/mol. The fourth-order valence-corrected chi connectivity index (χ4v) is 2.23. The lowest BCUT2D eigenvalue weighted by molar-refractivity contribution is 0.108. The van der Waals surface area contributed by atoms with Crippen LogP contribution in [0.15, 0.2) is 17.5 Å². The molecule has 0 amide bonds. The molecular formula is C8H10N4OS2. The minimum absolute atomic E-state index is 0.469. The molecule has 0 fully saturated rings. The quantitative estimate of drug-likeness (QED) is 0.615. The van der Waals surface area contributed by atoms with Crippen molar-refractivity contribution >= 4 is 27.8 Å². The third-order valence-electron chi connectivity index (χ3n) is 1.64. The average Bonchev–Trinajstić information content (AvgIpc) is 2.88. The summed E-state index contributed by atoms with van der Waals surface area (Å²) in [5.41, 5.74) is 2.44. The second kappa shape index (κ2) is 5.17. The topological polar surface area (TPSA) is 73.1 Å². The summed E-state index contributed by atoms with van der Waals surface area (Å²) in [6.45, 7) is 1.08. The molecule has 2 aromatic rings. The molecule has 2 heterocycles. The molecule has 3 N–H and O–H groups in total. The Kier molecular flexibility index (Phi) is 3.62. The molecule has 0 radical (unpaired) electrons. The van der Waals surface area contributed by atoms with Crippen LogP contribution >= 0.6 is 22.7 Å². The summed E-state index contributed by atoms with van der Waals surface area (Å²) in [7, 11) is 0. The van der Waals surface area contributed by atoms with Crippen molar-refractivity contribution in [3.8, 4) is 0 Å². The predicted molar refractivity (Wildman–Crippen MR) is 60.5 cm³/mol. The number of nitrogens with zero attached hydrogens (tertiary/aromatic N) is 2. The molecule has 0 bridgehead atoms. The van der Waals surface area contributed by atoms with E-state index in [2.05, 4.69) is 15.6 Å². The molecule has 0 saturated heterocycles. The highest BCUT2D eigenvalue weighted by Gasteiger charge is 2.02. The molecule has 0 aliphatic rings. The molecule has 0 atom stereocenters. The number of thiophene rings is 1. The summed E-state index contributed by atoms with van der Waals surface area (Å²) in [4.78, 5) is 1.21. The highest BCUT2D eigenvalue weighted by Crippen LogP contribution is 2.16. The van der Waals surface area contributed by atoms with Gasteiger partial charge >= 0.3 is 0 Å². The number of hydrogen-bond donors (Lipinski definition) is 2. The van der Waals surface area contributed by atoms with Crippen LogP contribution in [0.2, 0.25) is 0 Å². The van der Waals surface area contributed by atoms with Crippen LogP contribution < -0.4 is 11.3 Å². The van der Waals surface area contributed by atoms with Crippen LogP contribution in [-0.2, 0) is 18.0 Å². The first-order valence-corrected chi connectivity index (χ1v) is 5.97. The van der Waals surface area contributed by atoms with Gasteiger partial charge in [-0.2, -0.15) is 0 Å².